The third-order valence-corrected chi connectivity index (χ3v) is 5.57. The van der Waals surface area contributed by atoms with Crippen LogP contribution >= 0.6 is 22.9 Å². The summed E-state index contributed by atoms with van der Waals surface area (Å²) in [4.78, 5) is 30.8. The van der Waals surface area contributed by atoms with Crippen molar-refractivity contribution in [3.8, 4) is 5.75 Å². The summed E-state index contributed by atoms with van der Waals surface area (Å²) in [6.07, 6.45) is 3.12. The second-order valence-electron chi connectivity index (χ2n) is 6.78. The van der Waals surface area contributed by atoms with Crippen LogP contribution in [-0.4, -0.2) is 40.8 Å². The van der Waals surface area contributed by atoms with Crippen LogP contribution in [0.15, 0.2) is 29.6 Å². The Kier molecular flexibility index (Phi) is 7.28. The molecule has 150 valence electrons. The zero-order chi connectivity index (χ0) is 19.9. The van der Waals surface area contributed by atoms with Crippen molar-refractivity contribution in [2.75, 3.05) is 13.1 Å². The average Bonchev–Trinajstić information content (AvgIpc) is 3.16. The average molecular weight is 422 g/mol. The Labute approximate surface area is 173 Å². The predicted molar refractivity (Wildman–Crippen MR) is 110 cm³/mol. The van der Waals surface area contributed by atoms with Gasteiger partial charge >= 0.3 is 0 Å². The van der Waals surface area contributed by atoms with E-state index in [9.17, 15) is 9.59 Å². The minimum atomic E-state index is -0.0940. The van der Waals surface area contributed by atoms with Crippen molar-refractivity contribution in [3.63, 3.8) is 0 Å². The number of halogens is 1. The molecule has 2 aromatic rings. The normalized spacial score (nSPS) is 16.6. The molecule has 1 aromatic heterocycles. The number of nitrogens with one attached hydrogen (secondary N) is 1. The first-order valence-corrected chi connectivity index (χ1v) is 10.7. The maximum Gasteiger partial charge on any atom is 0.273 e. The Morgan fingerprint density at radius 3 is 2.89 bits per heavy atom. The van der Waals surface area contributed by atoms with Gasteiger partial charge in [0.05, 0.1) is 0 Å². The van der Waals surface area contributed by atoms with Crippen LogP contribution in [0.1, 0.15) is 48.1 Å². The first-order valence-electron chi connectivity index (χ1n) is 9.46. The van der Waals surface area contributed by atoms with Gasteiger partial charge in [0.2, 0.25) is 5.91 Å². The number of piperidine rings is 1. The van der Waals surface area contributed by atoms with E-state index < -0.39 is 0 Å². The number of ether oxygens (including phenoxy) is 1. The molecule has 1 aromatic carbocycles. The predicted octanol–water partition coefficient (Wildman–Crippen LogP) is 3.90. The fourth-order valence-electron chi connectivity index (χ4n) is 3.12. The summed E-state index contributed by atoms with van der Waals surface area (Å²) in [5, 5.41) is 6.18. The molecule has 1 aliphatic heterocycles. The minimum absolute atomic E-state index is 0.0168. The van der Waals surface area contributed by atoms with E-state index in [0.29, 0.717) is 42.6 Å². The number of aromatic nitrogens is 1. The molecule has 6 nitrogen and oxygen atoms in total. The number of hydrogen-bond acceptors (Lipinski definition) is 5. The van der Waals surface area contributed by atoms with Gasteiger partial charge < -0.3 is 15.0 Å². The number of carbonyl (C=O) groups is 2. The molecule has 1 saturated heterocycles. The van der Waals surface area contributed by atoms with Crippen molar-refractivity contribution < 1.29 is 14.3 Å². The van der Waals surface area contributed by atoms with Crippen LogP contribution in [0, 0.1) is 0 Å². The van der Waals surface area contributed by atoms with Crippen molar-refractivity contribution in [3.05, 3.63) is 45.4 Å². The topological polar surface area (TPSA) is 71.5 Å². The molecule has 1 aliphatic rings. The van der Waals surface area contributed by atoms with E-state index in [2.05, 4.69) is 10.3 Å². The third kappa shape index (κ3) is 5.69. The summed E-state index contributed by atoms with van der Waals surface area (Å²) >= 11 is 7.27. The molecule has 0 bridgehead atoms. The van der Waals surface area contributed by atoms with Crippen LogP contribution in [0.4, 0.5) is 0 Å². The molecule has 1 fully saturated rings. The molecule has 1 unspecified atom stereocenters. The summed E-state index contributed by atoms with van der Waals surface area (Å²) in [7, 11) is 0. The van der Waals surface area contributed by atoms with Crippen molar-refractivity contribution in [2.45, 2.75) is 45.3 Å². The summed E-state index contributed by atoms with van der Waals surface area (Å²) < 4.78 is 5.69. The Morgan fingerprint density at radius 1 is 1.36 bits per heavy atom. The van der Waals surface area contributed by atoms with Gasteiger partial charge in [0.15, 0.2) is 0 Å². The second kappa shape index (κ2) is 9.89. The maximum atomic E-state index is 12.8. The van der Waals surface area contributed by atoms with Crippen LogP contribution in [-0.2, 0) is 11.4 Å². The van der Waals surface area contributed by atoms with Crippen molar-refractivity contribution in [1.29, 1.82) is 0 Å². The quantitative estimate of drug-likeness (QED) is 0.736. The monoisotopic (exact) mass is 421 g/mol. The highest BCUT2D eigenvalue weighted by molar-refractivity contribution is 7.09. The molecule has 28 heavy (non-hydrogen) atoms. The number of amides is 2. The van der Waals surface area contributed by atoms with Gasteiger partial charge in [0, 0.05) is 36.0 Å². The second-order valence-corrected chi connectivity index (χ2v) is 8.16. The van der Waals surface area contributed by atoms with E-state index >= 15 is 0 Å². The van der Waals surface area contributed by atoms with Crippen LogP contribution in [0.3, 0.4) is 0 Å². The molecule has 2 amide bonds. The van der Waals surface area contributed by atoms with Gasteiger partial charge in [-0.15, -0.1) is 11.3 Å². The SMILES string of the molecule is CCCC(=O)NC1CCCN(C(=O)c2csc(COc3ccc(Cl)cc3)n2)C1. The van der Waals surface area contributed by atoms with Crippen molar-refractivity contribution >= 4 is 34.8 Å². The maximum absolute atomic E-state index is 12.8. The number of hydrogen-bond donors (Lipinski definition) is 1. The lowest BCUT2D eigenvalue weighted by molar-refractivity contribution is -0.122. The first-order chi connectivity index (χ1) is 13.5. The highest BCUT2D eigenvalue weighted by Crippen LogP contribution is 2.20. The molecule has 0 aliphatic carbocycles. The molecule has 2 heterocycles. The molecule has 0 radical (unpaired) electrons. The fraction of sp³-hybridized carbons (Fsp3) is 0.450. The van der Waals surface area contributed by atoms with Crippen LogP contribution in [0.25, 0.3) is 0 Å². The zero-order valence-electron chi connectivity index (χ0n) is 15.8. The highest BCUT2D eigenvalue weighted by Gasteiger charge is 2.26. The standard InChI is InChI=1S/C20H24ClN3O3S/c1-2-4-18(25)22-15-5-3-10-24(11-15)20(26)17-13-28-19(23-17)12-27-16-8-6-14(21)7-9-16/h6-9,13,15H,2-5,10-12H2,1H3,(H,22,25). The van der Waals surface area contributed by atoms with Gasteiger partial charge in [0.1, 0.15) is 23.1 Å². The molecular formula is C20H24ClN3O3S. The van der Waals surface area contributed by atoms with Crippen molar-refractivity contribution in [2.24, 2.45) is 0 Å². The summed E-state index contributed by atoms with van der Waals surface area (Å²) in [5.74, 6) is 0.662. The van der Waals surface area contributed by atoms with Crippen LogP contribution in [0.2, 0.25) is 5.02 Å². The smallest absolute Gasteiger partial charge is 0.273 e. The number of nitrogens with zero attached hydrogens (tertiary/aromatic N) is 2. The Bertz CT molecular complexity index is 809. The fourth-order valence-corrected chi connectivity index (χ4v) is 3.92. The van der Waals surface area contributed by atoms with Gasteiger partial charge in [-0.3, -0.25) is 9.59 Å². The van der Waals surface area contributed by atoms with Crippen LogP contribution < -0.4 is 10.1 Å². The van der Waals surface area contributed by atoms with E-state index in [4.69, 9.17) is 16.3 Å². The lowest BCUT2D eigenvalue weighted by atomic mass is 10.0. The van der Waals surface area contributed by atoms with E-state index in [1.807, 2.05) is 6.92 Å². The van der Waals surface area contributed by atoms with E-state index in [1.165, 1.54) is 11.3 Å². The number of carbonyl (C=O) groups excluding carboxylic acids is 2. The van der Waals surface area contributed by atoms with Gasteiger partial charge in [-0.05, 0) is 43.5 Å². The zero-order valence-corrected chi connectivity index (χ0v) is 17.4. The third-order valence-electron chi connectivity index (χ3n) is 4.50. The van der Waals surface area contributed by atoms with E-state index in [0.717, 1.165) is 24.3 Å². The van der Waals surface area contributed by atoms with Gasteiger partial charge in [-0.25, -0.2) is 4.98 Å². The van der Waals surface area contributed by atoms with Crippen LogP contribution in [0.5, 0.6) is 5.75 Å². The molecule has 0 saturated carbocycles. The first kappa shape index (κ1) is 20.6. The highest BCUT2D eigenvalue weighted by atomic mass is 35.5. The lowest BCUT2D eigenvalue weighted by Crippen LogP contribution is -2.49. The molecule has 1 N–H and O–H groups in total. The van der Waals surface area contributed by atoms with Crippen molar-refractivity contribution in [1.82, 2.24) is 15.2 Å². The molecule has 0 spiro atoms. The molecule has 3 rings (SSSR count). The Hall–Kier alpha value is -2.12. The minimum Gasteiger partial charge on any atom is -0.486 e. The van der Waals surface area contributed by atoms with E-state index in [1.54, 1.807) is 34.5 Å². The number of thiazole rings is 1. The summed E-state index contributed by atoms with van der Waals surface area (Å²) in [6, 6.07) is 7.13. The molecule has 1 atom stereocenters. The number of likely N-dealkylation sites (tertiary alicyclic amines) is 1. The number of rotatable bonds is 7. The lowest BCUT2D eigenvalue weighted by Gasteiger charge is -2.32. The summed E-state index contributed by atoms with van der Waals surface area (Å²) in [5.41, 5.74) is 0.431. The molecular weight excluding hydrogens is 398 g/mol. The van der Waals surface area contributed by atoms with Gasteiger partial charge in [-0.1, -0.05) is 18.5 Å². The number of benzene rings is 1. The van der Waals surface area contributed by atoms with Gasteiger partial charge in [0.25, 0.3) is 5.91 Å². The molecule has 8 heteroatoms. The van der Waals surface area contributed by atoms with E-state index in [-0.39, 0.29) is 17.9 Å². The largest absolute Gasteiger partial charge is 0.486 e. The Morgan fingerprint density at radius 2 is 2.14 bits per heavy atom. The van der Waals surface area contributed by atoms with Gasteiger partial charge in [-0.2, -0.15) is 0 Å². The Balaban J connectivity index is 1.54. The summed E-state index contributed by atoms with van der Waals surface area (Å²) in [6.45, 7) is 3.50.